The van der Waals surface area contributed by atoms with Crippen molar-refractivity contribution in [1.82, 2.24) is 10.2 Å². The molecular weight excluding hydrogens is 594 g/mol. The summed E-state index contributed by atoms with van der Waals surface area (Å²) in [6, 6.07) is 30.6. The molecule has 1 atom stereocenters. The van der Waals surface area contributed by atoms with E-state index in [2.05, 4.69) is 5.32 Å². The molecule has 0 spiro atoms. The Kier molecular flexibility index (Phi) is 11.6. The van der Waals surface area contributed by atoms with E-state index in [9.17, 15) is 18.0 Å². The first-order valence-corrected chi connectivity index (χ1v) is 16.5. The number of halogens is 1. The average Bonchev–Trinajstić information content (AvgIpc) is 3.03. The first-order chi connectivity index (χ1) is 21.2. The third-order valence-corrected chi connectivity index (χ3v) is 9.47. The first-order valence-electron chi connectivity index (χ1n) is 14.7. The third-order valence-electron chi connectivity index (χ3n) is 7.43. The number of hydrogen-bond donors (Lipinski definition) is 1. The minimum atomic E-state index is -4.16. The van der Waals surface area contributed by atoms with Crippen molar-refractivity contribution in [1.29, 1.82) is 0 Å². The van der Waals surface area contributed by atoms with E-state index in [-0.39, 0.29) is 29.5 Å². The zero-order valence-electron chi connectivity index (χ0n) is 25.0. The van der Waals surface area contributed by atoms with E-state index < -0.39 is 28.5 Å². The largest absolute Gasteiger partial charge is 0.354 e. The van der Waals surface area contributed by atoms with E-state index in [1.807, 2.05) is 68.4 Å². The van der Waals surface area contributed by atoms with Crippen LogP contribution in [0.4, 0.5) is 5.69 Å². The minimum absolute atomic E-state index is 0.0475. The van der Waals surface area contributed by atoms with Crippen LogP contribution in [0.2, 0.25) is 5.02 Å². The maximum Gasteiger partial charge on any atom is 0.264 e. The summed E-state index contributed by atoms with van der Waals surface area (Å²) in [5, 5.41) is 3.44. The van der Waals surface area contributed by atoms with Crippen LogP contribution in [0.3, 0.4) is 0 Å². The first kappa shape index (κ1) is 32.8. The molecule has 0 saturated heterocycles. The lowest BCUT2D eigenvalue weighted by atomic mass is 10.0. The summed E-state index contributed by atoms with van der Waals surface area (Å²) >= 11 is 6.13. The fourth-order valence-corrected chi connectivity index (χ4v) is 6.45. The molecule has 1 N–H and O–H groups in total. The number of unbranched alkanes of at least 4 members (excludes halogenated alkanes) is 1. The van der Waals surface area contributed by atoms with Crippen molar-refractivity contribution in [2.24, 2.45) is 0 Å². The molecule has 7 nitrogen and oxygen atoms in total. The molecule has 4 aromatic rings. The zero-order valence-corrected chi connectivity index (χ0v) is 26.6. The number of nitrogens with zero attached hydrogens (tertiary/aromatic N) is 2. The Balaban J connectivity index is 1.78. The van der Waals surface area contributed by atoms with E-state index in [1.54, 1.807) is 42.5 Å². The fraction of sp³-hybridized carbons (Fsp3) is 0.257. The van der Waals surface area contributed by atoms with Crippen LogP contribution in [-0.4, -0.2) is 44.3 Å². The topological polar surface area (TPSA) is 86.8 Å². The third kappa shape index (κ3) is 8.49. The van der Waals surface area contributed by atoms with Crippen molar-refractivity contribution >= 4 is 39.1 Å². The highest BCUT2D eigenvalue weighted by atomic mass is 35.5. The Morgan fingerprint density at radius 2 is 1.45 bits per heavy atom. The maximum absolute atomic E-state index is 14.5. The number of hydrogen-bond acceptors (Lipinski definition) is 4. The van der Waals surface area contributed by atoms with Crippen LogP contribution in [0.15, 0.2) is 114 Å². The number of carbonyl (C=O) groups is 2. The molecule has 0 unspecified atom stereocenters. The Morgan fingerprint density at radius 1 is 0.841 bits per heavy atom. The molecule has 0 aliphatic rings. The summed E-state index contributed by atoms with van der Waals surface area (Å²) in [7, 11) is -4.16. The SMILES string of the molecule is CCCCNC(=O)[C@@H](Cc1ccccc1)N(Cc1ccccc1C)C(=O)CN(c1ccc(Cl)cc1)S(=O)(=O)c1ccccc1. The van der Waals surface area contributed by atoms with Gasteiger partial charge in [0.25, 0.3) is 10.0 Å². The summed E-state index contributed by atoms with van der Waals surface area (Å²) in [4.78, 5) is 29.8. The van der Waals surface area contributed by atoms with Gasteiger partial charge in [-0.1, -0.05) is 97.7 Å². The van der Waals surface area contributed by atoms with E-state index in [0.717, 1.165) is 33.8 Å². The standard InChI is InChI=1S/C35H38ClN3O4S/c1-3-4-23-37-35(41)33(24-28-14-7-5-8-15-28)38(25-29-16-12-11-13-27(29)2)34(40)26-39(31-21-19-30(36)20-22-31)44(42,43)32-17-9-6-10-18-32/h5-22,33H,3-4,23-26H2,1-2H3,(H,37,41)/t33-/m1/s1. The van der Waals surface area contributed by atoms with Crippen LogP contribution < -0.4 is 9.62 Å². The molecule has 0 heterocycles. The highest BCUT2D eigenvalue weighted by molar-refractivity contribution is 7.92. The highest BCUT2D eigenvalue weighted by Gasteiger charge is 2.34. The summed E-state index contributed by atoms with van der Waals surface area (Å²) in [5.41, 5.74) is 3.00. The molecule has 0 aromatic heterocycles. The summed E-state index contributed by atoms with van der Waals surface area (Å²) in [6.07, 6.45) is 1.97. The van der Waals surface area contributed by atoms with Crippen molar-refractivity contribution in [3.05, 3.63) is 131 Å². The van der Waals surface area contributed by atoms with Crippen molar-refractivity contribution < 1.29 is 18.0 Å². The number of nitrogens with one attached hydrogen (secondary N) is 1. The molecule has 0 aliphatic heterocycles. The lowest BCUT2D eigenvalue weighted by Gasteiger charge is -2.34. The summed E-state index contributed by atoms with van der Waals surface area (Å²) in [6.45, 7) is 4.08. The van der Waals surface area contributed by atoms with Gasteiger partial charge in [0.1, 0.15) is 12.6 Å². The van der Waals surface area contributed by atoms with E-state index in [1.165, 1.54) is 17.0 Å². The lowest BCUT2D eigenvalue weighted by Crippen LogP contribution is -2.53. The van der Waals surface area contributed by atoms with E-state index in [4.69, 9.17) is 11.6 Å². The van der Waals surface area contributed by atoms with Crippen LogP contribution >= 0.6 is 11.6 Å². The molecule has 0 fully saturated rings. The predicted molar refractivity (Wildman–Crippen MR) is 176 cm³/mol. The molecule has 4 rings (SSSR count). The Bertz CT molecular complexity index is 1630. The molecule has 0 radical (unpaired) electrons. The Labute approximate surface area is 265 Å². The van der Waals surface area contributed by atoms with Gasteiger partial charge in [0.05, 0.1) is 10.6 Å². The quantitative estimate of drug-likeness (QED) is 0.163. The Hall–Kier alpha value is -4.14. The van der Waals surface area contributed by atoms with Gasteiger partial charge in [0.2, 0.25) is 11.8 Å². The summed E-state index contributed by atoms with van der Waals surface area (Å²) < 4.78 is 29.1. The highest BCUT2D eigenvalue weighted by Crippen LogP contribution is 2.26. The predicted octanol–water partition coefficient (Wildman–Crippen LogP) is 6.40. The van der Waals surface area contributed by atoms with Gasteiger partial charge in [0, 0.05) is 24.5 Å². The van der Waals surface area contributed by atoms with E-state index in [0.29, 0.717) is 11.6 Å². The number of carbonyl (C=O) groups excluding carboxylic acids is 2. The van der Waals surface area contributed by atoms with Crippen molar-refractivity contribution in [2.75, 3.05) is 17.4 Å². The minimum Gasteiger partial charge on any atom is -0.354 e. The number of sulfonamides is 1. The van der Waals surface area contributed by atoms with Gasteiger partial charge in [-0.2, -0.15) is 0 Å². The molecule has 44 heavy (non-hydrogen) atoms. The van der Waals surface area contributed by atoms with Crippen LogP contribution in [0.25, 0.3) is 0 Å². The van der Waals surface area contributed by atoms with Crippen molar-refractivity contribution in [2.45, 2.75) is 50.6 Å². The second kappa shape index (κ2) is 15.5. The van der Waals surface area contributed by atoms with E-state index >= 15 is 0 Å². The number of benzene rings is 4. The normalized spacial score (nSPS) is 11.9. The smallest absolute Gasteiger partial charge is 0.264 e. The maximum atomic E-state index is 14.5. The second-order valence-corrected chi connectivity index (χ2v) is 12.9. The molecule has 9 heteroatoms. The van der Waals surface area contributed by atoms with Gasteiger partial charge < -0.3 is 10.2 Å². The second-order valence-electron chi connectivity index (χ2n) is 10.6. The van der Waals surface area contributed by atoms with Gasteiger partial charge in [-0.25, -0.2) is 8.42 Å². The monoisotopic (exact) mass is 631 g/mol. The van der Waals surface area contributed by atoms with Crippen LogP contribution in [0.5, 0.6) is 0 Å². The van der Waals surface area contributed by atoms with Crippen molar-refractivity contribution in [3.8, 4) is 0 Å². The number of amides is 2. The Morgan fingerprint density at radius 3 is 2.09 bits per heavy atom. The van der Waals surface area contributed by atoms with Crippen LogP contribution in [0, 0.1) is 6.92 Å². The van der Waals surface area contributed by atoms with Crippen LogP contribution in [-0.2, 0) is 32.6 Å². The number of anilines is 1. The van der Waals surface area contributed by atoms with Gasteiger partial charge in [-0.3, -0.25) is 13.9 Å². The molecule has 230 valence electrons. The average molecular weight is 632 g/mol. The number of rotatable bonds is 14. The molecule has 0 bridgehead atoms. The van der Waals surface area contributed by atoms with Gasteiger partial charge >= 0.3 is 0 Å². The molecule has 0 saturated carbocycles. The molecule has 4 aromatic carbocycles. The molecular formula is C35H38ClN3O4S. The number of aryl methyl sites for hydroxylation is 1. The fourth-order valence-electron chi connectivity index (χ4n) is 4.89. The molecule has 2 amide bonds. The lowest BCUT2D eigenvalue weighted by molar-refractivity contribution is -0.140. The van der Waals surface area contributed by atoms with Gasteiger partial charge in [-0.15, -0.1) is 0 Å². The van der Waals surface area contributed by atoms with Gasteiger partial charge in [-0.05, 0) is 66.4 Å². The van der Waals surface area contributed by atoms with Gasteiger partial charge in [0.15, 0.2) is 0 Å². The molecule has 0 aliphatic carbocycles. The zero-order chi connectivity index (χ0) is 31.5. The summed E-state index contributed by atoms with van der Waals surface area (Å²) in [5.74, 6) is -0.789. The van der Waals surface area contributed by atoms with Crippen molar-refractivity contribution in [3.63, 3.8) is 0 Å². The van der Waals surface area contributed by atoms with Crippen LogP contribution in [0.1, 0.15) is 36.5 Å².